The Balaban J connectivity index is 2.48. The van der Waals surface area contributed by atoms with Crippen molar-refractivity contribution < 1.29 is 4.92 Å². The standard InChI is InChI=1S/C9H6N4O2S/c10-5-16-6-12-9-3-8(13(14)15)2-1-7(9)4-11-12/h1-4H,6H2. The summed E-state index contributed by atoms with van der Waals surface area (Å²) in [5.41, 5.74) is 0.688. The number of non-ortho nitro benzene ring substituents is 1. The molecule has 1 aromatic heterocycles. The van der Waals surface area contributed by atoms with Crippen molar-refractivity contribution in [2.75, 3.05) is 0 Å². The zero-order valence-electron chi connectivity index (χ0n) is 8.03. The van der Waals surface area contributed by atoms with Crippen LogP contribution in [0.4, 0.5) is 5.69 Å². The van der Waals surface area contributed by atoms with E-state index >= 15 is 0 Å². The minimum atomic E-state index is -0.450. The number of benzene rings is 1. The molecule has 0 aliphatic rings. The van der Waals surface area contributed by atoms with Crippen molar-refractivity contribution in [3.63, 3.8) is 0 Å². The Bertz CT molecular complexity index is 587. The van der Waals surface area contributed by atoms with Crippen LogP contribution in [0.15, 0.2) is 24.4 Å². The Hall–Kier alpha value is -2.07. The van der Waals surface area contributed by atoms with Crippen molar-refractivity contribution in [2.24, 2.45) is 0 Å². The Kier molecular flexibility index (Phi) is 2.74. The molecule has 0 N–H and O–H groups in total. The summed E-state index contributed by atoms with van der Waals surface area (Å²) in [6.07, 6.45) is 1.62. The quantitative estimate of drug-likeness (QED) is 0.461. The molecule has 0 saturated carbocycles. The number of rotatable bonds is 3. The van der Waals surface area contributed by atoms with Crippen molar-refractivity contribution >= 4 is 28.4 Å². The molecule has 2 aromatic rings. The fraction of sp³-hybridized carbons (Fsp3) is 0.111. The van der Waals surface area contributed by atoms with Crippen LogP contribution in [0.3, 0.4) is 0 Å². The van der Waals surface area contributed by atoms with Gasteiger partial charge in [-0.25, -0.2) is 0 Å². The fourth-order valence-electron chi connectivity index (χ4n) is 1.37. The average Bonchev–Trinajstić information content (AvgIpc) is 2.68. The third kappa shape index (κ3) is 1.83. The van der Waals surface area contributed by atoms with Crippen LogP contribution < -0.4 is 0 Å². The largest absolute Gasteiger partial charge is 0.271 e. The molecular formula is C9H6N4O2S. The van der Waals surface area contributed by atoms with Gasteiger partial charge in [0.2, 0.25) is 0 Å². The molecular weight excluding hydrogens is 228 g/mol. The third-order valence-electron chi connectivity index (χ3n) is 2.09. The Morgan fingerprint density at radius 2 is 2.44 bits per heavy atom. The number of hydrogen-bond acceptors (Lipinski definition) is 5. The van der Waals surface area contributed by atoms with Gasteiger partial charge in [-0.2, -0.15) is 10.4 Å². The van der Waals surface area contributed by atoms with Crippen LogP contribution in [0.2, 0.25) is 0 Å². The molecule has 0 radical (unpaired) electrons. The number of aromatic nitrogens is 2. The predicted molar refractivity (Wildman–Crippen MR) is 59.6 cm³/mol. The lowest BCUT2D eigenvalue weighted by Crippen LogP contribution is -1.96. The first-order valence-electron chi connectivity index (χ1n) is 4.33. The van der Waals surface area contributed by atoms with Gasteiger partial charge < -0.3 is 0 Å². The van der Waals surface area contributed by atoms with Gasteiger partial charge in [0, 0.05) is 17.5 Å². The number of nitrogens with zero attached hydrogens (tertiary/aromatic N) is 4. The normalized spacial score (nSPS) is 10.2. The van der Waals surface area contributed by atoms with Crippen LogP contribution in [0.1, 0.15) is 0 Å². The first-order valence-corrected chi connectivity index (χ1v) is 5.32. The molecule has 2 rings (SSSR count). The van der Waals surface area contributed by atoms with Crippen LogP contribution in [0, 0.1) is 20.8 Å². The first-order chi connectivity index (χ1) is 7.72. The number of fused-ring (bicyclic) bond motifs is 1. The van der Waals surface area contributed by atoms with Gasteiger partial charge in [0.1, 0.15) is 11.3 Å². The van der Waals surface area contributed by atoms with E-state index in [2.05, 4.69) is 5.10 Å². The van der Waals surface area contributed by atoms with E-state index in [0.717, 1.165) is 17.1 Å². The number of thiocyanates is 1. The highest BCUT2D eigenvalue weighted by Crippen LogP contribution is 2.21. The molecule has 0 bridgehead atoms. The van der Waals surface area contributed by atoms with Crippen LogP contribution in [-0.4, -0.2) is 14.7 Å². The van der Waals surface area contributed by atoms with Crippen LogP contribution in [0.25, 0.3) is 10.9 Å². The zero-order chi connectivity index (χ0) is 11.5. The lowest BCUT2D eigenvalue weighted by atomic mass is 10.2. The average molecular weight is 234 g/mol. The highest BCUT2D eigenvalue weighted by Gasteiger charge is 2.09. The minimum Gasteiger partial charge on any atom is -0.258 e. The molecule has 80 valence electrons. The van der Waals surface area contributed by atoms with E-state index < -0.39 is 4.92 Å². The Morgan fingerprint density at radius 1 is 1.62 bits per heavy atom. The maximum absolute atomic E-state index is 10.6. The van der Waals surface area contributed by atoms with Gasteiger partial charge in [0.25, 0.3) is 5.69 Å². The second-order valence-electron chi connectivity index (χ2n) is 3.01. The van der Waals surface area contributed by atoms with E-state index in [0.29, 0.717) is 11.4 Å². The monoisotopic (exact) mass is 234 g/mol. The molecule has 0 atom stereocenters. The highest BCUT2D eigenvalue weighted by atomic mass is 32.2. The summed E-state index contributed by atoms with van der Waals surface area (Å²) in [7, 11) is 0. The van der Waals surface area contributed by atoms with Gasteiger partial charge in [-0.15, -0.1) is 0 Å². The molecule has 0 aliphatic heterocycles. The smallest absolute Gasteiger partial charge is 0.258 e. The summed E-state index contributed by atoms with van der Waals surface area (Å²) in [5, 5.41) is 25.9. The van der Waals surface area contributed by atoms with E-state index in [9.17, 15) is 10.1 Å². The van der Waals surface area contributed by atoms with E-state index in [1.54, 1.807) is 16.9 Å². The lowest BCUT2D eigenvalue weighted by molar-refractivity contribution is -0.384. The summed E-state index contributed by atoms with van der Waals surface area (Å²) in [4.78, 5) is 10.2. The van der Waals surface area contributed by atoms with E-state index in [1.165, 1.54) is 12.1 Å². The molecule has 0 fully saturated rings. The second-order valence-corrected chi connectivity index (χ2v) is 3.74. The molecule has 6 nitrogen and oxygen atoms in total. The molecule has 0 saturated heterocycles. The molecule has 0 unspecified atom stereocenters. The zero-order valence-corrected chi connectivity index (χ0v) is 8.85. The second kappa shape index (κ2) is 4.20. The third-order valence-corrected chi connectivity index (χ3v) is 2.59. The minimum absolute atomic E-state index is 0.0243. The van der Waals surface area contributed by atoms with Crippen molar-refractivity contribution in [1.29, 1.82) is 5.26 Å². The van der Waals surface area contributed by atoms with Crippen molar-refractivity contribution in [2.45, 2.75) is 5.88 Å². The SMILES string of the molecule is N#CSCn1ncc2ccc([N+](=O)[O-])cc21. The predicted octanol–water partition coefficient (Wildman–Crippen LogP) is 2.12. The summed E-state index contributed by atoms with van der Waals surface area (Å²) < 4.78 is 1.57. The Labute approximate surface area is 94.6 Å². The number of nitro benzene ring substituents is 1. The number of nitro groups is 1. The van der Waals surface area contributed by atoms with E-state index in [-0.39, 0.29) is 5.69 Å². The van der Waals surface area contributed by atoms with Gasteiger partial charge in [-0.3, -0.25) is 14.8 Å². The summed E-state index contributed by atoms with van der Waals surface area (Å²) in [6.45, 7) is 0. The fourth-order valence-corrected chi connectivity index (χ4v) is 1.75. The van der Waals surface area contributed by atoms with Gasteiger partial charge in [-0.05, 0) is 17.8 Å². The van der Waals surface area contributed by atoms with Crippen molar-refractivity contribution in [3.8, 4) is 5.40 Å². The summed E-state index contributed by atoms with van der Waals surface area (Å²) in [6, 6.07) is 4.54. The van der Waals surface area contributed by atoms with E-state index in [4.69, 9.17) is 5.26 Å². The molecule has 0 amide bonds. The van der Waals surface area contributed by atoms with Crippen molar-refractivity contribution in [3.05, 3.63) is 34.5 Å². The first kappa shape index (κ1) is 10.4. The number of nitriles is 1. The van der Waals surface area contributed by atoms with Gasteiger partial charge in [0.15, 0.2) is 0 Å². The van der Waals surface area contributed by atoms with Crippen molar-refractivity contribution in [1.82, 2.24) is 9.78 Å². The Morgan fingerprint density at radius 3 is 3.12 bits per heavy atom. The molecule has 1 heterocycles. The number of thioether (sulfide) groups is 1. The summed E-state index contributed by atoms with van der Waals surface area (Å²) in [5.74, 6) is 0.362. The van der Waals surface area contributed by atoms with Crippen LogP contribution in [0.5, 0.6) is 0 Å². The van der Waals surface area contributed by atoms with Crippen LogP contribution in [-0.2, 0) is 5.88 Å². The topological polar surface area (TPSA) is 84.8 Å². The molecule has 0 aliphatic carbocycles. The maximum Gasteiger partial charge on any atom is 0.271 e. The van der Waals surface area contributed by atoms with Gasteiger partial charge >= 0.3 is 0 Å². The number of hydrogen-bond donors (Lipinski definition) is 0. The molecule has 0 spiro atoms. The van der Waals surface area contributed by atoms with E-state index in [1.807, 2.05) is 5.40 Å². The lowest BCUT2D eigenvalue weighted by Gasteiger charge is -1.98. The van der Waals surface area contributed by atoms with Gasteiger partial charge in [0.05, 0.1) is 16.6 Å². The maximum atomic E-state index is 10.6. The van der Waals surface area contributed by atoms with Gasteiger partial charge in [-0.1, -0.05) is 0 Å². The molecule has 16 heavy (non-hydrogen) atoms. The molecule has 1 aromatic carbocycles. The highest BCUT2D eigenvalue weighted by molar-refractivity contribution is 8.02. The molecule has 7 heteroatoms. The summed E-state index contributed by atoms with van der Waals surface area (Å²) >= 11 is 1.03. The van der Waals surface area contributed by atoms with Crippen LogP contribution >= 0.6 is 11.8 Å².